The van der Waals surface area contributed by atoms with Gasteiger partial charge in [-0.3, -0.25) is 39.1 Å². The van der Waals surface area contributed by atoms with E-state index in [0.29, 0.717) is 73.5 Å². The lowest BCUT2D eigenvalue weighted by Gasteiger charge is -2.40. The molecule has 2 aliphatic rings. The summed E-state index contributed by atoms with van der Waals surface area (Å²) < 4.78 is 33.5. The number of aromatic hydroxyl groups is 1. The van der Waals surface area contributed by atoms with Gasteiger partial charge in [0.1, 0.15) is 47.9 Å². The minimum atomic E-state index is -0.937. The number of hydrogen-bond donors (Lipinski definition) is 11. The van der Waals surface area contributed by atoms with Gasteiger partial charge in [-0.25, -0.2) is 24.8 Å². The van der Waals surface area contributed by atoms with Crippen molar-refractivity contribution in [2.75, 3.05) is 91.4 Å². The number of alkyl carbamates (subject to hydrolysis) is 1. The zero-order valence-electron chi connectivity index (χ0n) is 59.1. The van der Waals surface area contributed by atoms with Crippen molar-refractivity contribution in [2.45, 2.75) is 187 Å². The Bertz CT molecular complexity index is 3030. The van der Waals surface area contributed by atoms with Crippen LogP contribution in [0.5, 0.6) is 5.75 Å². The number of phenolic OH excluding ortho intramolecular Hbond substituents is 1. The van der Waals surface area contributed by atoms with Crippen LogP contribution < -0.4 is 54.2 Å². The van der Waals surface area contributed by atoms with Gasteiger partial charge in [-0.2, -0.15) is 0 Å². The predicted octanol–water partition coefficient (Wildman–Crippen LogP) is 5.79. The Morgan fingerprint density at radius 1 is 0.768 bits per heavy atom. The predicted molar refractivity (Wildman–Crippen MR) is 373 cm³/mol. The van der Waals surface area contributed by atoms with E-state index >= 15 is 0 Å². The van der Waals surface area contributed by atoms with Crippen molar-refractivity contribution in [3.63, 3.8) is 0 Å². The van der Waals surface area contributed by atoms with Crippen molar-refractivity contribution in [2.24, 2.45) is 29.2 Å². The van der Waals surface area contributed by atoms with Crippen LogP contribution in [0.3, 0.4) is 0 Å². The molecule has 10 amide bonds. The highest BCUT2D eigenvalue weighted by molar-refractivity contribution is 7.09. The number of likely N-dealkylation sites (N-methyl/N-ethyl adjacent to an activating group) is 1. The van der Waals surface area contributed by atoms with E-state index in [1.165, 1.54) is 23.5 Å². The molecule has 0 radical (unpaired) electrons. The Labute approximate surface area is 586 Å². The van der Waals surface area contributed by atoms with Gasteiger partial charge in [0.2, 0.25) is 29.5 Å². The molecule has 1 aliphatic carbocycles. The number of aromatic nitrogens is 1. The summed E-state index contributed by atoms with van der Waals surface area (Å²) in [6.07, 6.45) is 4.81. The van der Waals surface area contributed by atoms with Crippen LogP contribution in [0, 0.1) is 17.8 Å². The molecule has 9 atom stereocenters. The first kappa shape index (κ1) is 81.9. The molecule has 0 unspecified atom stereocenters. The van der Waals surface area contributed by atoms with Crippen LogP contribution in [-0.4, -0.2) is 196 Å². The van der Waals surface area contributed by atoms with E-state index in [0.717, 1.165) is 37.8 Å². The highest BCUT2D eigenvalue weighted by Gasteiger charge is 2.39. The zero-order valence-corrected chi connectivity index (χ0v) is 59.9. The molecule has 99 heavy (non-hydrogen) atoms. The van der Waals surface area contributed by atoms with E-state index in [1.807, 2.05) is 39.6 Å². The second-order valence-electron chi connectivity index (χ2n) is 25.8. The number of primary amides is 1. The molecule has 0 bridgehead atoms. The van der Waals surface area contributed by atoms with Crippen LogP contribution in [-0.2, 0) is 65.4 Å². The maximum absolute atomic E-state index is 14.8. The molecule has 13 N–H and O–H groups in total. The Hall–Kier alpha value is -7.74. The summed E-state index contributed by atoms with van der Waals surface area (Å²) >= 11 is 1.30. The van der Waals surface area contributed by atoms with Crippen molar-refractivity contribution in [1.82, 2.24) is 52.2 Å². The lowest BCUT2D eigenvalue weighted by atomic mass is 9.91. The molecule has 2 aromatic carbocycles. The zero-order chi connectivity index (χ0) is 72.4. The fourth-order valence-electron chi connectivity index (χ4n) is 11.5. The van der Waals surface area contributed by atoms with Gasteiger partial charge < -0.3 is 81.8 Å². The van der Waals surface area contributed by atoms with Crippen molar-refractivity contribution in [3.05, 3.63) is 75.2 Å². The number of piperidine rings is 1. The summed E-state index contributed by atoms with van der Waals surface area (Å²) in [5.41, 5.74) is 18.5. The van der Waals surface area contributed by atoms with Crippen LogP contribution in [0.2, 0.25) is 0 Å². The molecule has 5 rings (SSSR count). The number of nitrogens with one attached hydrogen (secondary N) is 8. The highest BCUT2D eigenvalue weighted by atomic mass is 32.1. The Morgan fingerprint density at radius 3 is 2.13 bits per heavy atom. The molecule has 0 spiro atoms. The molecule has 552 valence electrons. The maximum Gasteiger partial charge on any atom is 0.426 e. The summed E-state index contributed by atoms with van der Waals surface area (Å²) in [5.74, 6) is -3.42. The number of ether oxygens (including phenoxy) is 6. The average Bonchev–Trinajstić information content (AvgIpc) is 1.30. The summed E-state index contributed by atoms with van der Waals surface area (Å²) in [4.78, 5) is 127. The number of thiazole rings is 1. The number of hydrogen-bond acceptors (Lipinski definition) is 20. The number of likely N-dealkylation sites (tertiary alicyclic amines) is 1. The first-order valence-electron chi connectivity index (χ1n) is 34.8. The summed E-state index contributed by atoms with van der Waals surface area (Å²) in [7, 11) is 1.96. The van der Waals surface area contributed by atoms with E-state index in [-0.39, 0.29) is 132 Å². The van der Waals surface area contributed by atoms with Crippen LogP contribution in [0.4, 0.5) is 20.1 Å². The standard InChI is InChI=1S/C69H109N13O16S/c1-10-28-82(66(89)59(45(8)12-3)78-63(87)55-17-13-14-29-81(55)9)56(43(4)5)40-57(96-30-11-2)65-77-54(42-99-65)62(86)75-49-24-20-47-21-25-50(83)39-51(47)52(38-49)60(84)79-80-69(92)97-37-36-95-35-34-94-33-32-93-31-27-73-68(91)98-41-46-18-22-48(23-19-46)74-61(85)53(16-15-26-72-67(71)90)76-64(88)58(70)44(6)7/h18-19,21-23,25,39,42-45,49,52-53,55-59,83H,10-17,20,24,26-38,40-41,70H2,1-9H3,(H,73,91)(H,74,85)(H,75,86)(H,76,88)(H,78,87)(H,79,84)(H,80,92)(H3,71,72,90)/t45-,49-,52+,53-,55+,56+,57+,58-,59-/m0/s1. The van der Waals surface area contributed by atoms with Crippen LogP contribution in [0.25, 0.3) is 0 Å². The molecule has 1 aromatic heterocycles. The number of aryl methyl sites for hydroxylation is 1. The van der Waals surface area contributed by atoms with Gasteiger partial charge >= 0.3 is 18.2 Å². The molecule has 2 heterocycles. The van der Waals surface area contributed by atoms with Crippen LogP contribution in [0.15, 0.2) is 47.8 Å². The molecular formula is C69H109N13O16S. The van der Waals surface area contributed by atoms with Gasteiger partial charge in [0.25, 0.3) is 5.91 Å². The van der Waals surface area contributed by atoms with Gasteiger partial charge in [-0.15, -0.1) is 11.3 Å². The van der Waals surface area contributed by atoms with Crippen molar-refractivity contribution < 1.29 is 76.7 Å². The largest absolute Gasteiger partial charge is 0.508 e. The van der Waals surface area contributed by atoms with Gasteiger partial charge in [0.05, 0.1) is 57.6 Å². The van der Waals surface area contributed by atoms with Gasteiger partial charge in [0.15, 0.2) is 0 Å². The minimum Gasteiger partial charge on any atom is -0.508 e. The minimum absolute atomic E-state index is 0.00651. The molecule has 0 saturated carbocycles. The average molecular weight is 1410 g/mol. The number of rotatable bonds is 41. The number of fused-ring (bicyclic) bond motifs is 1. The third-order valence-electron chi connectivity index (χ3n) is 17.4. The fraction of sp³-hybridized carbons (Fsp3) is 0.652. The fourth-order valence-corrected chi connectivity index (χ4v) is 12.4. The van der Waals surface area contributed by atoms with Crippen molar-refractivity contribution in [1.29, 1.82) is 0 Å². The van der Waals surface area contributed by atoms with Gasteiger partial charge in [-0.05, 0) is 130 Å². The summed E-state index contributed by atoms with van der Waals surface area (Å²) in [5, 5.41) is 29.6. The molecule has 1 fully saturated rings. The number of anilines is 1. The monoisotopic (exact) mass is 1410 g/mol. The molecule has 1 saturated heterocycles. The lowest BCUT2D eigenvalue weighted by Crippen LogP contribution is -2.58. The van der Waals surface area contributed by atoms with Crippen LogP contribution in [0.1, 0.15) is 170 Å². The van der Waals surface area contributed by atoms with Crippen molar-refractivity contribution in [3.8, 4) is 5.75 Å². The molecule has 29 nitrogen and oxygen atoms in total. The highest BCUT2D eigenvalue weighted by Crippen LogP contribution is 2.35. The number of nitrogens with zero attached hydrogens (tertiary/aromatic N) is 3. The quantitative estimate of drug-likeness (QED) is 0.0182. The SMILES string of the molecule is CCCO[C@H](C[C@H](C(C)C)N(CCC)C(=O)[C@@H](NC(=O)[C@H]1CCCCN1C)[C@@H](C)CC)c1nc(C(=O)N[C@H]2CCc3ccc(O)cc3[C@H](C(=O)NNC(=O)OCCOCCOCCOCCNC(=O)OCc3ccc(NC(=O)[C@H](CCCNC(N)=O)NC(=O)[C@@H](N)C(C)C)cc3)C2)cs1. The molecule has 1 aliphatic heterocycles. The second-order valence-corrected chi connectivity index (χ2v) is 26.7. The summed E-state index contributed by atoms with van der Waals surface area (Å²) in [6, 6.07) is 7.16. The topological polar surface area (TPSA) is 397 Å². The number of hydrazine groups is 1. The number of nitrogens with two attached hydrogens (primary N) is 2. The lowest BCUT2D eigenvalue weighted by molar-refractivity contribution is -0.143. The van der Waals surface area contributed by atoms with Gasteiger partial charge in [-0.1, -0.05) is 86.4 Å². The molecule has 3 aromatic rings. The van der Waals surface area contributed by atoms with Gasteiger partial charge in [0, 0.05) is 55.8 Å². The smallest absolute Gasteiger partial charge is 0.426 e. The number of carbonyl (C=O) groups is 9. The first-order valence-corrected chi connectivity index (χ1v) is 35.7. The third-order valence-corrected chi connectivity index (χ3v) is 18.4. The van der Waals surface area contributed by atoms with E-state index in [2.05, 4.69) is 61.5 Å². The van der Waals surface area contributed by atoms with E-state index < -0.39 is 78.0 Å². The second kappa shape index (κ2) is 43.7. The maximum atomic E-state index is 14.8. The third kappa shape index (κ3) is 28.1. The number of benzene rings is 2. The van der Waals surface area contributed by atoms with Crippen molar-refractivity contribution >= 4 is 70.7 Å². The normalized spacial score (nSPS) is 17.2. The Kier molecular flexibility index (Phi) is 36.2. The first-order chi connectivity index (χ1) is 47.4. The Morgan fingerprint density at radius 2 is 1.47 bits per heavy atom. The number of amides is 10. The summed E-state index contributed by atoms with van der Waals surface area (Å²) in [6.45, 7) is 18.9. The number of phenols is 1. The molecule has 30 heteroatoms. The number of carbonyl (C=O) groups excluding carboxylic acids is 9. The van der Waals surface area contributed by atoms with Crippen LogP contribution >= 0.6 is 11.3 Å². The van der Waals surface area contributed by atoms with E-state index in [9.17, 15) is 48.3 Å². The Balaban J connectivity index is 0.999. The molecular weight excluding hydrogens is 1300 g/mol. The van der Waals surface area contributed by atoms with E-state index in [4.69, 9.17) is 44.9 Å². The number of urea groups is 1. The van der Waals surface area contributed by atoms with E-state index in [1.54, 1.807) is 49.6 Å².